The molecule has 0 atom stereocenters. The first-order valence-electron chi connectivity index (χ1n) is 8.25. The molecule has 0 amide bonds. The average molecular weight is 458 g/mol. The van der Waals surface area contributed by atoms with E-state index in [-0.39, 0.29) is 5.89 Å². The molecule has 0 aliphatic carbocycles. The van der Waals surface area contributed by atoms with Gasteiger partial charge in [0.1, 0.15) is 5.56 Å². The predicted molar refractivity (Wildman–Crippen MR) is 106 cm³/mol. The fourth-order valence-corrected chi connectivity index (χ4v) is 4.68. The molecule has 7 heteroatoms. The topological polar surface area (TPSA) is 21.9 Å². The molecule has 0 saturated carbocycles. The molecule has 0 spiro atoms. The van der Waals surface area contributed by atoms with Gasteiger partial charge in [-0.15, -0.1) is 0 Å². The molecule has 2 aromatic heterocycles. The van der Waals surface area contributed by atoms with Crippen molar-refractivity contribution in [1.82, 2.24) is 4.48 Å². The van der Waals surface area contributed by atoms with Gasteiger partial charge in [0.2, 0.25) is 5.52 Å². The zero-order chi connectivity index (χ0) is 17.6. The second kappa shape index (κ2) is 4.65. The summed E-state index contributed by atoms with van der Waals surface area (Å²) in [4.78, 5) is 0. The van der Waals surface area contributed by atoms with Crippen molar-refractivity contribution >= 4 is 62.5 Å². The third-order valence-electron chi connectivity index (χ3n) is 5.19. The van der Waals surface area contributed by atoms with Crippen molar-refractivity contribution in [2.75, 3.05) is 0 Å². The summed E-state index contributed by atoms with van der Waals surface area (Å²) in [6.07, 6.45) is 0. The van der Waals surface area contributed by atoms with Crippen molar-refractivity contribution in [3.05, 3.63) is 64.2 Å². The molecule has 5 aromatic rings. The molecule has 3 aromatic carbocycles. The van der Waals surface area contributed by atoms with Crippen LogP contribution in [-0.4, -0.2) is 11.4 Å². The number of hydrogen-bond donors (Lipinski definition) is 0. The van der Waals surface area contributed by atoms with E-state index in [2.05, 4.69) is 22.6 Å². The number of oxazole rings is 1. The van der Waals surface area contributed by atoms with Crippen molar-refractivity contribution in [2.45, 2.75) is 0 Å². The third-order valence-corrected chi connectivity index (χ3v) is 5.86. The van der Waals surface area contributed by atoms with Gasteiger partial charge in [-0.3, -0.25) is 4.48 Å². The zero-order valence-electron chi connectivity index (χ0n) is 13.3. The van der Waals surface area contributed by atoms with Gasteiger partial charge in [0.05, 0.1) is 0 Å². The summed E-state index contributed by atoms with van der Waals surface area (Å²) in [7, 11) is 0. The minimum absolute atomic E-state index is 0.215. The Morgan fingerprint density at radius 3 is 2.69 bits per heavy atom. The van der Waals surface area contributed by atoms with Crippen LogP contribution < -0.4 is 4.48 Å². The summed E-state index contributed by atoms with van der Waals surface area (Å²) >= 11 is 2.21. The van der Waals surface area contributed by atoms with Gasteiger partial charge in [-0.1, -0.05) is 24.3 Å². The van der Waals surface area contributed by atoms with Crippen molar-refractivity contribution < 1.29 is 17.5 Å². The van der Waals surface area contributed by atoms with E-state index in [1.807, 2.05) is 30.3 Å². The summed E-state index contributed by atoms with van der Waals surface area (Å²) in [5.74, 6) is 0.215. The molecular weight excluding hydrogens is 448 g/mol. The molecule has 1 aliphatic heterocycles. The number of hydrogen-bond acceptors (Lipinski definition) is 1. The fraction of sp³-hybridized carbons (Fsp3) is 0. The molecule has 1 aliphatic rings. The number of aromatic nitrogens is 2. The van der Waals surface area contributed by atoms with Crippen LogP contribution in [0, 0.1) is 3.57 Å². The molecule has 0 fully saturated rings. The minimum Gasteiger partial charge on any atom is -0.401 e. The lowest BCUT2D eigenvalue weighted by atomic mass is 9.90. The van der Waals surface area contributed by atoms with E-state index < -0.39 is 6.97 Å². The Kier molecular flexibility index (Phi) is 2.63. The average Bonchev–Trinajstić information content (AvgIpc) is 3.17. The van der Waals surface area contributed by atoms with Crippen LogP contribution >= 0.6 is 22.6 Å². The first-order valence-corrected chi connectivity index (χ1v) is 9.33. The normalized spacial score (nSPS) is 15.0. The maximum Gasteiger partial charge on any atom is 0.740 e. The number of benzene rings is 3. The summed E-state index contributed by atoms with van der Waals surface area (Å²) in [5.41, 5.74) is 2.64. The minimum atomic E-state index is -4.08. The van der Waals surface area contributed by atoms with E-state index in [0.717, 1.165) is 18.8 Å². The first kappa shape index (κ1) is 14.7. The molecule has 0 radical (unpaired) electrons. The lowest BCUT2D eigenvalue weighted by molar-refractivity contribution is -0.534. The highest BCUT2D eigenvalue weighted by Crippen LogP contribution is 2.42. The number of para-hydroxylation sites is 3. The second-order valence-corrected chi connectivity index (χ2v) is 7.81. The van der Waals surface area contributed by atoms with Crippen LogP contribution in [0.3, 0.4) is 0 Å². The van der Waals surface area contributed by atoms with Crippen LogP contribution in [0.5, 0.6) is 0 Å². The van der Waals surface area contributed by atoms with E-state index in [1.54, 1.807) is 30.3 Å². The first-order chi connectivity index (χ1) is 12.6. The zero-order valence-corrected chi connectivity index (χ0v) is 15.4. The van der Waals surface area contributed by atoms with Crippen molar-refractivity contribution in [3.63, 3.8) is 0 Å². The Balaban J connectivity index is 1.92. The highest BCUT2D eigenvalue weighted by molar-refractivity contribution is 14.1. The molecular formula is C19H10BF2IN2O. The van der Waals surface area contributed by atoms with Crippen molar-refractivity contribution in [1.29, 1.82) is 0 Å². The van der Waals surface area contributed by atoms with E-state index in [4.69, 9.17) is 4.42 Å². The molecule has 0 saturated heterocycles. The standard InChI is InChI=1S/C19H10BF2IN2O/c21-20(22)24-15-9-8-11(23)10-14(15)12-4-3-5-13(18(12)24)19-25(20)16-6-1-2-7-17(16)26-19/h1-10H. The summed E-state index contributed by atoms with van der Waals surface area (Å²) in [6, 6.07) is 18.2. The fourth-order valence-electron chi connectivity index (χ4n) is 4.18. The third kappa shape index (κ3) is 1.60. The summed E-state index contributed by atoms with van der Waals surface area (Å²) < 4.78 is 40.8. The van der Waals surface area contributed by atoms with Crippen LogP contribution in [0.25, 0.3) is 44.4 Å². The van der Waals surface area contributed by atoms with E-state index in [0.29, 0.717) is 27.7 Å². The molecule has 3 heterocycles. The molecule has 0 N–H and O–H groups in total. The highest BCUT2D eigenvalue weighted by Gasteiger charge is 2.53. The molecule has 0 unspecified atom stereocenters. The van der Waals surface area contributed by atoms with Crippen LogP contribution in [-0.2, 0) is 0 Å². The quantitative estimate of drug-likeness (QED) is 0.232. The number of halogens is 3. The molecule has 3 nitrogen and oxygen atoms in total. The second-order valence-electron chi connectivity index (χ2n) is 6.57. The Morgan fingerprint density at radius 1 is 0.962 bits per heavy atom. The van der Waals surface area contributed by atoms with Gasteiger partial charge in [0.25, 0.3) is 0 Å². The van der Waals surface area contributed by atoms with Crippen LogP contribution in [0.15, 0.2) is 65.1 Å². The van der Waals surface area contributed by atoms with Crippen LogP contribution in [0.2, 0.25) is 0 Å². The van der Waals surface area contributed by atoms with Gasteiger partial charge in [0, 0.05) is 31.4 Å². The van der Waals surface area contributed by atoms with E-state index in [9.17, 15) is 0 Å². The number of rotatable bonds is 0. The molecule has 26 heavy (non-hydrogen) atoms. The molecule has 6 rings (SSSR count). The largest absolute Gasteiger partial charge is 0.740 e. The number of fused-ring (bicyclic) bond motifs is 7. The van der Waals surface area contributed by atoms with Gasteiger partial charge >= 0.3 is 12.9 Å². The summed E-state index contributed by atoms with van der Waals surface area (Å²) in [6.45, 7) is -4.08. The lowest BCUT2D eigenvalue weighted by Gasteiger charge is -2.26. The van der Waals surface area contributed by atoms with Gasteiger partial charge in [-0.05, 0) is 52.9 Å². The highest BCUT2D eigenvalue weighted by atomic mass is 127. The van der Waals surface area contributed by atoms with Gasteiger partial charge in [-0.25, -0.2) is 0 Å². The van der Waals surface area contributed by atoms with Gasteiger partial charge in [0.15, 0.2) is 5.58 Å². The molecule has 0 bridgehead atoms. The predicted octanol–water partition coefficient (Wildman–Crippen LogP) is 5.18. The van der Waals surface area contributed by atoms with Crippen molar-refractivity contribution in [2.24, 2.45) is 0 Å². The summed E-state index contributed by atoms with van der Waals surface area (Å²) in [5, 5.41) is 1.66. The molecule has 126 valence electrons. The Bertz CT molecular complexity index is 1390. The maximum atomic E-state index is 15.8. The lowest BCUT2D eigenvalue weighted by Crippen LogP contribution is -2.65. The monoisotopic (exact) mass is 458 g/mol. The SMILES string of the molecule is F[B-]1(F)n2c3ccc(I)cc3c3cccc(c32)-c2oc3ccccc3[n+]21. The van der Waals surface area contributed by atoms with Crippen LogP contribution in [0.4, 0.5) is 8.63 Å². The Morgan fingerprint density at radius 2 is 1.81 bits per heavy atom. The van der Waals surface area contributed by atoms with E-state index in [1.165, 1.54) is 4.48 Å². The van der Waals surface area contributed by atoms with Crippen LogP contribution in [0.1, 0.15) is 0 Å². The smallest absolute Gasteiger partial charge is 0.401 e. The van der Waals surface area contributed by atoms with E-state index >= 15 is 8.63 Å². The maximum absolute atomic E-state index is 15.8. The van der Waals surface area contributed by atoms with Crippen molar-refractivity contribution in [3.8, 4) is 11.5 Å². The Labute approximate surface area is 160 Å². The van der Waals surface area contributed by atoms with Gasteiger partial charge in [-0.2, -0.15) is 0 Å². The number of nitrogens with zero attached hydrogens (tertiary/aromatic N) is 2. The van der Waals surface area contributed by atoms with Gasteiger partial charge < -0.3 is 17.5 Å². The Hall–Kier alpha value is -2.42.